The molecule has 0 fully saturated rings. The Morgan fingerprint density at radius 2 is 0.523 bits per heavy atom. The van der Waals surface area contributed by atoms with Crippen LogP contribution >= 0.6 is 0 Å². The number of anilines is 12. The van der Waals surface area contributed by atoms with Crippen molar-refractivity contribution in [3.05, 3.63) is 351 Å². The number of aryl methyl sites for hydroxylation is 2. The average molecular weight is 1100 g/mol. The standard InChI is InChI=1S/C82H62N4/c1-59-20-17-32-76(56-59)83(68-24-7-3-8-25-68)72-46-37-61(38-47-72)64-43-52-75(53-44-64)86(71-30-13-6-14-31-71)82-57-60(2)36-54-79(82)67-45-55-78-66(58-67)23-19-35-81(78)85(70-28-11-5-12-29-70)74-50-41-63(42-51-74)62-39-48-73(49-40-62)84(69-26-9-4-10-27-69)80-34-18-22-65-21-15-16-33-77(65)80/h3-58H,1-2H3. The fourth-order valence-electron chi connectivity index (χ4n) is 12.1. The van der Waals surface area contributed by atoms with E-state index >= 15 is 0 Å². The second kappa shape index (κ2) is 23.6. The number of hydrogen-bond acceptors (Lipinski definition) is 4. The van der Waals surface area contributed by atoms with Gasteiger partial charge >= 0.3 is 0 Å². The summed E-state index contributed by atoms with van der Waals surface area (Å²) < 4.78 is 0. The number of hydrogen-bond donors (Lipinski definition) is 0. The predicted molar refractivity (Wildman–Crippen MR) is 366 cm³/mol. The molecule has 0 aliphatic carbocycles. The fraction of sp³-hybridized carbons (Fsp3) is 0.0244. The van der Waals surface area contributed by atoms with Crippen molar-refractivity contribution < 1.29 is 0 Å². The van der Waals surface area contributed by atoms with Crippen LogP contribution in [0.1, 0.15) is 11.1 Å². The van der Waals surface area contributed by atoms with Crippen LogP contribution in [-0.4, -0.2) is 0 Å². The van der Waals surface area contributed by atoms with Gasteiger partial charge in [-0.05, 0) is 197 Å². The molecule has 0 aliphatic heterocycles. The highest BCUT2D eigenvalue weighted by Gasteiger charge is 2.22. The lowest BCUT2D eigenvalue weighted by Crippen LogP contribution is -2.11. The van der Waals surface area contributed by atoms with Crippen molar-refractivity contribution in [2.45, 2.75) is 13.8 Å². The van der Waals surface area contributed by atoms with Gasteiger partial charge in [-0.25, -0.2) is 0 Å². The highest BCUT2D eigenvalue weighted by atomic mass is 15.2. The van der Waals surface area contributed by atoms with Crippen LogP contribution in [0.15, 0.2) is 340 Å². The number of benzene rings is 14. The molecule has 0 unspecified atom stereocenters. The topological polar surface area (TPSA) is 13.0 Å². The smallest absolute Gasteiger partial charge is 0.0542 e. The lowest BCUT2D eigenvalue weighted by molar-refractivity contribution is 1.27. The second-order valence-electron chi connectivity index (χ2n) is 21.9. The molecule has 4 heteroatoms. The molecule has 0 atom stereocenters. The first-order chi connectivity index (χ1) is 42.5. The first-order valence-corrected chi connectivity index (χ1v) is 29.5. The van der Waals surface area contributed by atoms with Gasteiger partial charge in [-0.15, -0.1) is 0 Å². The minimum absolute atomic E-state index is 1.08. The SMILES string of the molecule is Cc1cccc(N(c2ccccc2)c2ccc(-c3ccc(N(c4ccccc4)c4cc(C)ccc4-c4ccc5c(N(c6ccccc6)c6ccc(-c7ccc(N(c8ccccc8)c8cccc9ccccc89)cc7)cc6)cccc5c4)cc3)cc2)c1. The summed E-state index contributed by atoms with van der Waals surface area (Å²) in [6, 6.07) is 123. The Labute approximate surface area is 504 Å². The van der Waals surface area contributed by atoms with Crippen LogP contribution in [-0.2, 0) is 0 Å². The Balaban J connectivity index is 0.772. The quantitative estimate of drug-likeness (QED) is 0.101. The molecule has 14 aromatic rings. The lowest BCUT2D eigenvalue weighted by atomic mass is 9.96. The zero-order valence-electron chi connectivity index (χ0n) is 48.1. The summed E-state index contributed by atoms with van der Waals surface area (Å²) in [5, 5.41) is 4.74. The first kappa shape index (κ1) is 52.8. The van der Waals surface area contributed by atoms with Gasteiger partial charge in [0.05, 0.1) is 17.1 Å². The third-order valence-corrected chi connectivity index (χ3v) is 16.3. The fourth-order valence-corrected chi connectivity index (χ4v) is 12.1. The number of nitrogens with zero attached hydrogens (tertiary/aromatic N) is 4. The van der Waals surface area contributed by atoms with Gasteiger partial charge in [0.2, 0.25) is 0 Å². The lowest BCUT2D eigenvalue weighted by Gasteiger charge is -2.29. The van der Waals surface area contributed by atoms with E-state index in [2.05, 4.69) is 373 Å². The average Bonchev–Trinajstić information content (AvgIpc) is 1.77. The van der Waals surface area contributed by atoms with Crippen molar-refractivity contribution in [3.8, 4) is 33.4 Å². The molecule has 0 N–H and O–H groups in total. The molecule has 14 rings (SSSR count). The van der Waals surface area contributed by atoms with Gasteiger partial charge in [0.25, 0.3) is 0 Å². The Bertz CT molecular complexity index is 4620. The second-order valence-corrected chi connectivity index (χ2v) is 21.9. The molecule has 0 spiro atoms. The molecule has 0 aliphatic rings. The monoisotopic (exact) mass is 1100 g/mol. The zero-order valence-corrected chi connectivity index (χ0v) is 48.1. The first-order valence-electron chi connectivity index (χ1n) is 29.5. The molecule has 0 aromatic heterocycles. The summed E-state index contributed by atoms with van der Waals surface area (Å²) >= 11 is 0. The summed E-state index contributed by atoms with van der Waals surface area (Å²) in [7, 11) is 0. The van der Waals surface area contributed by atoms with Gasteiger partial charge in [0.15, 0.2) is 0 Å². The van der Waals surface area contributed by atoms with Crippen molar-refractivity contribution in [1.29, 1.82) is 0 Å². The van der Waals surface area contributed by atoms with E-state index in [4.69, 9.17) is 0 Å². The third-order valence-electron chi connectivity index (χ3n) is 16.3. The largest absolute Gasteiger partial charge is 0.310 e. The molecule has 0 amide bonds. The van der Waals surface area contributed by atoms with Crippen LogP contribution in [0, 0.1) is 13.8 Å². The Morgan fingerprint density at radius 3 is 1.00 bits per heavy atom. The van der Waals surface area contributed by atoms with E-state index in [1.807, 2.05) is 0 Å². The van der Waals surface area contributed by atoms with E-state index in [1.165, 1.54) is 21.9 Å². The van der Waals surface area contributed by atoms with E-state index in [1.54, 1.807) is 0 Å². The van der Waals surface area contributed by atoms with Crippen LogP contribution in [0.5, 0.6) is 0 Å². The molecule has 0 saturated carbocycles. The number of para-hydroxylation sites is 4. The van der Waals surface area contributed by atoms with Crippen LogP contribution in [0.4, 0.5) is 68.2 Å². The molecular weight excluding hydrogens is 1040 g/mol. The third kappa shape index (κ3) is 10.6. The highest BCUT2D eigenvalue weighted by Crippen LogP contribution is 2.46. The molecule has 410 valence electrons. The summed E-state index contributed by atoms with van der Waals surface area (Å²) in [4.78, 5) is 9.45. The maximum atomic E-state index is 2.40. The summed E-state index contributed by atoms with van der Waals surface area (Å²) in [5.41, 5.74) is 22.6. The van der Waals surface area contributed by atoms with Crippen LogP contribution in [0.25, 0.3) is 54.9 Å². The minimum atomic E-state index is 1.08. The molecular formula is C82H62N4. The van der Waals surface area contributed by atoms with Crippen molar-refractivity contribution in [2.75, 3.05) is 19.6 Å². The van der Waals surface area contributed by atoms with E-state index in [0.717, 1.165) is 112 Å². The predicted octanol–water partition coefficient (Wildman–Crippen LogP) is 23.5. The summed E-state index contributed by atoms with van der Waals surface area (Å²) in [5.74, 6) is 0. The van der Waals surface area contributed by atoms with Gasteiger partial charge in [-0.1, -0.05) is 206 Å². The Kier molecular flexibility index (Phi) is 14.5. The van der Waals surface area contributed by atoms with Gasteiger partial charge in [-0.2, -0.15) is 0 Å². The molecule has 4 nitrogen and oxygen atoms in total. The number of rotatable bonds is 15. The molecule has 0 radical (unpaired) electrons. The van der Waals surface area contributed by atoms with E-state index in [0.29, 0.717) is 0 Å². The Morgan fingerprint density at radius 1 is 0.186 bits per heavy atom. The van der Waals surface area contributed by atoms with E-state index in [-0.39, 0.29) is 0 Å². The summed E-state index contributed by atoms with van der Waals surface area (Å²) in [6.07, 6.45) is 0. The van der Waals surface area contributed by atoms with Gasteiger partial charge in [0, 0.05) is 67.5 Å². The summed E-state index contributed by atoms with van der Waals surface area (Å²) in [6.45, 7) is 4.33. The molecule has 86 heavy (non-hydrogen) atoms. The normalized spacial score (nSPS) is 11.1. The molecule has 14 aromatic carbocycles. The minimum Gasteiger partial charge on any atom is -0.310 e. The maximum absolute atomic E-state index is 2.40. The van der Waals surface area contributed by atoms with Crippen molar-refractivity contribution >= 4 is 89.8 Å². The van der Waals surface area contributed by atoms with E-state index < -0.39 is 0 Å². The van der Waals surface area contributed by atoms with Crippen LogP contribution in [0.3, 0.4) is 0 Å². The van der Waals surface area contributed by atoms with Gasteiger partial charge in [0.1, 0.15) is 0 Å². The zero-order chi connectivity index (χ0) is 57.8. The van der Waals surface area contributed by atoms with Crippen molar-refractivity contribution in [1.82, 2.24) is 0 Å². The van der Waals surface area contributed by atoms with Gasteiger partial charge < -0.3 is 19.6 Å². The maximum Gasteiger partial charge on any atom is 0.0542 e. The Hall–Kier alpha value is -11.2. The van der Waals surface area contributed by atoms with E-state index in [9.17, 15) is 0 Å². The number of fused-ring (bicyclic) bond motifs is 2. The van der Waals surface area contributed by atoms with Crippen LogP contribution in [0.2, 0.25) is 0 Å². The van der Waals surface area contributed by atoms with Crippen LogP contribution < -0.4 is 19.6 Å². The molecule has 0 heterocycles. The van der Waals surface area contributed by atoms with Gasteiger partial charge in [-0.3, -0.25) is 0 Å². The highest BCUT2D eigenvalue weighted by molar-refractivity contribution is 6.03. The molecule has 0 bridgehead atoms. The van der Waals surface area contributed by atoms with Crippen molar-refractivity contribution in [2.24, 2.45) is 0 Å². The van der Waals surface area contributed by atoms with Crippen molar-refractivity contribution in [3.63, 3.8) is 0 Å². The molecule has 0 saturated heterocycles.